The molecule has 0 aliphatic heterocycles. The van der Waals surface area contributed by atoms with Crippen molar-refractivity contribution in [3.8, 4) is 0 Å². The summed E-state index contributed by atoms with van der Waals surface area (Å²) in [6.07, 6.45) is 7.39. The van der Waals surface area contributed by atoms with Gasteiger partial charge >= 0.3 is 11.8 Å². The first kappa shape index (κ1) is 16.0. The molecule has 1 aromatic rings. The predicted molar refractivity (Wildman–Crippen MR) is 87.0 cm³/mol. The average Bonchev–Trinajstić information content (AvgIpc) is 2.50. The monoisotopic (exact) mass is 352 g/mol. The van der Waals surface area contributed by atoms with Gasteiger partial charge in [-0.25, -0.2) is 0 Å². The maximum absolute atomic E-state index is 11.7. The van der Waals surface area contributed by atoms with Crippen LogP contribution in [-0.4, -0.2) is 18.4 Å². The topological polar surface area (TPSA) is 58.2 Å². The van der Waals surface area contributed by atoms with Crippen LogP contribution < -0.4 is 10.6 Å². The number of carbonyl (C=O) groups excluding carboxylic acids is 2. The molecule has 1 aliphatic carbocycles. The van der Waals surface area contributed by atoms with Gasteiger partial charge in [-0.2, -0.15) is 0 Å². The van der Waals surface area contributed by atoms with Gasteiger partial charge in [-0.15, -0.1) is 0 Å². The maximum Gasteiger partial charge on any atom is 0.313 e. The smallest absolute Gasteiger partial charge is 0.313 e. The maximum atomic E-state index is 11.7. The molecule has 1 saturated carbocycles. The number of anilines is 1. The van der Waals surface area contributed by atoms with Gasteiger partial charge in [0.15, 0.2) is 0 Å². The predicted octanol–water partition coefficient (Wildman–Crippen LogP) is 3.47. The standard InChI is InChI=1S/C16H21BrN2O2/c17-13-6-8-14(9-7-13)19-16(21)15(20)18-11-10-12-4-2-1-3-5-12/h6-9,12H,1-5,10-11H2,(H,18,20)(H,19,21). The number of nitrogens with one attached hydrogen (secondary N) is 2. The summed E-state index contributed by atoms with van der Waals surface area (Å²) in [6.45, 7) is 0.581. The summed E-state index contributed by atoms with van der Waals surface area (Å²) in [6, 6.07) is 7.13. The largest absolute Gasteiger partial charge is 0.348 e. The van der Waals surface area contributed by atoms with E-state index in [9.17, 15) is 9.59 Å². The van der Waals surface area contributed by atoms with Gasteiger partial charge < -0.3 is 10.6 Å². The van der Waals surface area contributed by atoms with Gasteiger partial charge in [-0.05, 0) is 36.6 Å². The van der Waals surface area contributed by atoms with Gasteiger partial charge in [-0.1, -0.05) is 48.0 Å². The van der Waals surface area contributed by atoms with Crippen LogP contribution in [0.1, 0.15) is 38.5 Å². The van der Waals surface area contributed by atoms with Crippen molar-refractivity contribution >= 4 is 33.4 Å². The zero-order chi connectivity index (χ0) is 15.1. The van der Waals surface area contributed by atoms with Crippen molar-refractivity contribution in [3.63, 3.8) is 0 Å². The lowest BCUT2D eigenvalue weighted by molar-refractivity contribution is -0.136. The third kappa shape index (κ3) is 5.50. The minimum Gasteiger partial charge on any atom is -0.348 e. The summed E-state index contributed by atoms with van der Waals surface area (Å²) in [5.74, 6) is -0.469. The molecule has 4 nitrogen and oxygen atoms in total. The van der Waals surface area contributed by atoms with Gasteiger partial charge in [0, 0.05) is 16.7 Å². The summed E-state index contributed by atoms with van der Waals surface area (Å²) in [4.78, 5) is 23.5. The first-order valence-corrected chi connectivity index (χ1v) is 8.29. The number of benzene rings is 1. The second kappa shape index (κ2) is 8.17. The van der Waals surface area contributed by atoms with Crippen LogP contribution in [0.3, 0.4) is 0 Å². The summed E-state index contributed by atoms with van der Waals surface area (Å²) >= 11 is 3.32. The lowest BCUT2D eigenvalue weighted by atomic mass is 9.87. The van der Waals surface area contributed by atoms with Crippen molar-refractivity contribution in [1.29, 1.82) is 0 Å². The Bertz CT molecular complexity index is 482. The highest BCUT2D eigenvalue weighted by Crippen LogP contribution is 2.25. The Morgan fingerprint density at radius 3 is 2.38 bits per heavy atom. The molecule has 2 amide bonds. The Hall–Kier alpha value is -1.36. The van der Waals surface area contributed by atoms with Crippen molar-refractivity contribution in [1.82, 2.24) is 5.32 Å². The quantitative estimate of drug-likeness (QED) is 0.815. The fourth-order valence-corrected chi connectivity index (χ4v) is 2.93. The van der Waals surface area contributed by atoms with Gasteiger partial charge in [0.25, 0.3) is 0 Å². The van der Waals surface area contributed by atoms with Crippen molar-refractivity contribution in [2.24, 2.45) is 5.92 Å². The molecule has 0 unspecified atom stereocenters. The van der Waals surface area contributed by atoms with Crippen molar-refractivity contribution in [2.45, 2.75) is 38.5 Å². The molecule has 0 aromatic heterocycles. The SMILES string of the molecule is O=C(NCCC1CCCCC1)C(=O)Nc1ccc(Br)cc1. The van der Waals surface area contributed by atoms with Crippen LogP contribution in [0.25, 0.3) is 0 Å². The van der Waals surface area contributed by atoms with E-state index in [0.29, 0.717) is 18.2 Å². The van der Waals surface area contributed by atoms with Gasteiger partial charge in [0.1, 0.15) is 0 Å². The van der Waals surface area contributed by atoms with Crippen LogP contribution in [0.4, 0.5) is 5.69 Å². The van der Waals surface area contributed by atoms with E-state index in [2.05, 4.69) is 26.6 Å². The zero-order valence-electron chi connectivity index (χ0n) is 12.0. The lowest BCUT2D eigenvalue weighted by Gasteiger charge is -2.21. The van der Waals surface area contributed by atoms with E-state index in [-0.39, 0.29) is 0 Å². The second-order valence-electron chi connectivity index (χ2n) is 5.51. The summed E-state index contributed by atoms with van der Waals surface area (Å²) < 4.78 is 0.928. The average molecular weight is 353 g/mol. The van der Waals surface area contributed by atoms with Crippen LogP contribution in [-0.2, 0) is 9.59 Å². The number of halogens is 1. The minimum atomic E-state index is -0.610. The zero-order valence-corrected chi connectivity index (χ0v) is 13.6. The molecule has 0 radical (unpaired) electrons. The molecule has 1 fully saturated rings. The van der Waals surface area contributed by atoms with Crippen LogP contribution in [0.15, 0.2) is 28.7 Å². The van der Waals surface area contributed by atoms with Gasteiger partial charge in [0.2, 0.25) is 0 Å². The summed E-state index contributed by atoms with van der Waals surface area (Å²) in [5, 5.41) is 5.29. The molecule has 0 heterocycles. The normalized spacial score (nSPS) is 15.5. The lowest BCUT2D eigenvalue weighted by Crippen LogP contribution is -2.36. The van der Waals surface area contributed by atoms with E-state index in [1.54, 1.807) is 12.1 Å². The minimum absolute atomic E-state index is 0.561. The van der Waals surface area contributed by atoms with Crippen molar-refractivity contribution in [2.75, 3.05) is 11.9 Å². The molecule has 21 heavy (non-hydrogen) atoms. The van der Waals surface area contributed by atoms with Crippen LogP contribution in [0, 0.1) is 5.92 Å². The first-order valence-electron chi connectivity index (χ1n) is 7.50. The molecule has 5 heteroatoms. The third-order valence-electron chi connectivity index (χ3n) is 3.87. The van der Waals surface area contributed by atoms with Crippen molar-refractivity contribution < 1.29 is 9.59 Å². The highest BCUT2D eigenvalue weighted by Gasteiger charge is 2.16. The summed E-state index contributed by atoms with van der Waals surface area (Å²) in [5.41, 5.74) is 0.616. The summed E-state index contributed by atoms with van der Waals surface area (Å²) in [7, 11) is 0. The second-order valence-corrected chi connectivity index (χ2v) is 6.43. The fourth-order valence-electron chi connectivity index (χ4n) is 2.67. The Balaban J connectivity index is 1.69. The molecule has 2 N–H and O–H groups in total. The Labute approximate surface area is 133 Å². The molecule has 2 rings (SSSR count). The van der Waals surface area contributed by atoms with Crippen LogP contribution in [0.2, 0.25) is 0 Å². The van der Waals surface area contributed by atoms with E-state index in [1.807, 2.05) is 12.1 Å². The van der Waals surface area contributed by atoms with E-state index < -0.39 is 11.8 Å². The number of rotatable bonds is 4. The number of carbonyl (C=O) groups is 2. The molecule has 1 aromatic carbocycles. The van der Waals surface area contributed by atoms with Gasteiger partial charge in [-0.3, -0.25) is 9.59 Å². The number of hydrogen-bond donors (Lipinski definition) is 2. The molecule has 0 atom stereocenters. The number of amides is 2. The highest BCUT2D eigenvalue weighted by molar-refractivity contribution is 9.10. The molecule has 114 valence electrons. The molecule has 1 aliphatic rings. The molecule has 0 spiro atoms. The highest BCUT2D eigenvalue weighted by atomic mass is 79.9. The van der Waals surface area contributed by atoms with E-state index in [1.165, 1.54) is 32.1 Å². The molecule has 0 bridgehead atoms. The number of hydrogen-bond acceptors (Lipinski definition) is 2. The Morgan fingerprint density at radius 1 is 1.05 bits per heavy atom. The molecular formula is C16H21BrN2O2. The Kier molecular flexibility index (Phi) is 6.23. The molecular weight excluding hydrogens is 332 g/mol. The first-order chi connectivity index (χ1) is 10.1. The van der Waals surface area contributed by atoms with Gasteiger partial charge in [0.05, 0.1) is 0 Å². The van der Waals surface area contributed by atoms with E-state index >= 15 is 0 Å². The van der Waals surface area contributed by atoms with E-state index in [0.717, 1.165) is 10.9 Å². The van der Waals surface area contributed by atoms with Crippen molar-refractivity contribution in [3.05, 3.63) is 28.7 Å². The third-order valence-corrected chi connectivity index (χ3v) is 4.40. The van der Waals surface area contributed by atoms with Crippen LogP contribution >= 0.6 is 15.9 Å². The fraction of sp³-hybridized carbons (Fsp3) is 0.500. The molecule has 0 saturated heterocycles. The van der Waals surface area contributed by atoms with Crippen LogP contribution in [0.5, 0.6) is 0 Å². The Morgan fingerprint density at radius 2 is 1.71 bits per heavy atom. The van der Waals surface area contributed by atoms with E-state index in [4.69, 9.17) is 0 Å².